The van der Waals surface area contributed by atoms with Crippen LogP contribution in [0.5, 0.6) is 23.0 Å². The van der Waals surface area contributed by atoms with E-state index in [9.17, 15) is 9.59 Å². The molecule has 0 saturated heterocycles. The molecule has 0 aliphatic heterocycles. The average Bonchev–Trinajstić information content (AvgIpc) is 3.60. The highest BCUT2D eigenvalue weighted by molar-refractivity contribution is 7.57. The molecule has 438 valence electrons. The molecule has 0 bridgehead atoms. The highest BCUT2D eigenvalue weighted by Crippen LogP contribution is 2.48. The summed E-state index contributed by atoms with van der Waals surface area (Å²) >= 11 is 0. The van der Waals surface area contributed by atoms with Gasteiger partial charge in [0.25, 0.3) is 0 Å². The molecule has 6 aromatic rings. The minimum absolute atomic E-state index is 0.224. The number of aryl methyl sites for hydroxylation is 2. The Morgan fingerprint density at radius 2 is 0.756 bits per heavy atom. The first kappa shape index (κ1) is 64.5. The number of carbonyl (C=O) groups is 2. The number of esters is 2. The molecule has 12 nitrogen and oxygen atoms in total. The van der Waals surface area contributed by atoms with Crippen molar-refractivity contribution in [1.29, 1.82) is 0 Å². The predicted molar refractivity (Wildman–Crippen MR) is 330 cm³/mol. The van der Waals surface area contributed by atoms with Gasteiger partial charge in [-0.05, 0) is 145 Å². The zero-order chi connectivity index (χ0) is 59.6. The maximum Gasteiger partial charge on any atom is 0.326 e. The zero-order valence-corrected chi connectivity index (χ0v) is 52.2. The van der Waals surface area contributed by atoms with Gasteiger partial charge in [-0.15, -0.1) is 0 Å². The van der Waals surface area contributed by atoms with E-state index in [0.717, 1.165) is 60.7 Å². The Labute approximate surface area is 490 Å². The van der Waals surface area contributed by atoms with E-state index in [-0.39, 0.29) is 34.6 Å². The lowest BCUT2D eigenvalue weighted by Crippen LogP contribution is -2.18. The molecule has 0 heterocycles. The van der Waals surface area contributed by atoms with Gasteiger partial charge in [0.15, 0.2) is 0 Å². The Balaban J connectivity index is 1.35. The van der Waals surface area contributed by atoms with Crippen LogP contribution in [0.15, 0.2) is 152 Å². The van der Waals surface area contributed by atoms with Gasteiger partial charge in [-0.25, -0.2) is 0 Å². The molecule has 6 rings (SSSR count). The summed E-state index contributed by atoms with van der Waals surface area (Å²) in [5.74, 6) is 3.31. The fourth-order valence-corrected chi connectivity index (χ4v) is 11.3. The van der Waals surface area contributed by atoms with Crippen molar-refractivity contribution in [2.45, 2.75) is 145 Å². The molecule has 0 spiro atoms. The minimum Gasteiger partial charge on any atom is -0.466 e. The van der Waals surface area contributed by atoms with Crippen molar-refractivity contribution >= 4 is 39.3 Å². The Morgan fingerprint density at radius 3 is 1.12 bits per heavy atom. The fourth-order valence-electron chi connectivity index (χ4n) is 8.74. The van der Waals surface area contributed by atoms with Crippen LogP contribution in [-0.2, 0) is 80.5 Å². The Bertz CT molecular complexity index is 2970. The van der Waals surface area contributed by atoms with Gasteiger partial charge < -0.3 is 37.3 Å². The van der Waals surface area contributed by atoms with E-state index in [2.05, 4.69) is 142 Å². The molecular weight excluding hydrogens is 1070 g/mol. The van der Waals surface area contributed by atoms with Crippen LogP contribution in [0.4, 0.5) is 0 Å². The molecule has 82 heavy (non-hydrogen) atoms. The summed E-state index contributed by atoms with van der Waals surface area (Å²) in [7, 11) is -3.51. The van der Waals surface area contributed by atoms with Gasteiger partial charge >= 0.3 is 28.7 Å². The SMILES string of the molecule is C=C(Cc1ccc(OP(Oc2ccc(CC(=C)OOCC)cc2C(C)(C)C)c2ccc(-c3ccc(P(Oc4ccc(CCC(=O)OCC)cc4)Oc4ccc(CCC(=O)OCC)cc4C(C)(C)C)cc3)cc2)c(C(C)(C)C)c1)OOCC. The van der Waals surface area contributed by atoms with E-state index >= 15 is 0 Å². The molecule has 0 fully saturated rings. The van der Waals surface area contributed by atoms with Gasteiger partial charge in [0.1, 0.15) is 34.5 Å². The summed E-state index contributed by atoms with van der Waals surface area (Å²) in [6.45, 7) is 36.5. The van der Waals surface area contributed by atoms with Crippen LogP contribution in [-0.4, -0.2) is 38.4 Å². The van der Waals surface area contributed by atoms with Gasteiger partial charge in [-0.2, -0.15) is 9.78 Å². The highest BCUT2D eigenvalue weighted by atomic mass is 31.2. The maximum atomic E-state index is 12.3. The van der Waals surface area contributed by atoms with Crippen LogP contribution in [0.1, 0.15) is 142 Å². The average molecular weight is 1160 g/mol. The van der Waals surface area contributed by atoms with Crippen LogP contribution >= 0.6 is 16.8 Å². The highest BCUT2D eigenvalue weighted by Gasteiger charge is 2.30. The van der Waals surface area contributed by atoms with Gasteiger partial charge in [0, 0.05) is 42.4 Å². The molecule has 14 heteroatoms. The standard InChI is InChI=1S/C68H84O12P2/c1-16-71-64(69)40-25-49-20-31-55(32-21-49)77-81(78-61-37-22-50(26-41-65(70)72-17-2)44-58(61)66(7,8)9)56-33-27-53(28-34-56)54-29-35-57(36-30-54)82(79-62-38-23-51(42-47(5)75-73-18-3)45-59(62)67(10,11)12)80-63-39-24-52(43-48(6)76-74-19-4)46-60(63)68(13,14)15/h20-24,27-39,44-46H,5-6,16-19,25-26,40-43H2,1-4,7-15H3. The normalized spacial score (nSPS) is 12.1. The van der Waals surface area contributed by atoms with Gasteiger partial charge in [-0.1, -0.05) is 148 Å². The number of ether oxygens (including phenoxy) is 2. The van der Waals surface area contributed by atoms with Gasteiger partial charge in [0.05, 0.1) is 37.0 Å². The van der Waals surface area contributed by atoms with Crippen LogP contribution in [0.3, 0.4) is 0 Å². The zero-order valence-electron chi connectivity index (χ0n) is 50.4. The lowest BCUT2D eigenvalue weighted by Gasteiger charge is -2.29. The van der Waals surface area contributed by atoms with Crippen LogP contribution < -0.4 is 28.7 Å². The largest absolute Gasteiger partial charge is 0.466 e. The Morgan fingerprint density at radius 1 is 0.415 bits per heavy atom. The van der Waals surface area contributed by atoms with Crippen LogP contribution in [0.2, 0.25) is 0 Å². The third kappa shape index (κ3) is 19.5. The quantitative estimate of drug-likeness (QED) is 0.0146. The summed E-state index contributed by atoms with van der Waals surface area (Å²) in [5.41, 5.74) is 8.14. The number of allylic oxidation sites excluding steroid dienone is 2. The third-order valence-electron chi connectivity index (χ3n) is 12.9. The Hall–Kier alpha value is -6.68. The van der Waals surface area contributed by atoms with Crippen molar-refractivity contribution in [3.8, 4) is 34.1 Å². The second kappa shape index (κ2) is 30.0. The summed E-state index contributed by atoms with van der Waals surface area (Å²) in [6.07, 6.45) is 2.63. The van der Waals surface area contributed by atoms with Crippen molar-refractivity contribution in [2.24, 2.45) is 0 Å². The monoisotopic (exact) mass is 1150 g/mol. The fraction of sp³-hybridized carbons (Fsp3) is 0.382. The van der Waals surface area contributed by atoms with E-state index in [1.54, 1.807) is 6.92 Å². The van der Waals surface area contributed by atoms with Crippen LogP contribution in [0, 0.1) is 0 Å². The van der Waals surface area contributed by atoms with Gasteiger partial charge in [0.2, 0.25) is 0 Å². The first-order valence-electron chi connectivity index (χ1n) is 28.2. The molecule has 0 N–H and O–H groups in total. The van der Waals surface area contributed by atoms with E-state index < -0.39 is 16.8 Å². The second-order valence-electron chi connectivity index (χ2n) is 22.9. The predicted octanol–water partition coefficient (Wildman–Crippen LogP) is 16.5. The number of hydrogen-bond donors (Lipinski definition) is 0. The van der Waals surface area contributed by atoms with E-state index in [1.165, 1.54) is 0 Å². The number of benzene rings is 6. The van der Waals surface area contributed by atoms with Crippen molar-refractivity contribution in [1.82, 2.24) is 0 Å². The number of hydrogen-bond acceptors (Lipinski definition) is 12. The van der Waals surface area contributed by atoms with Crippen LogP contribution in [0.25, 0.3) is 11.1 Å². The summed E-state index contributed by atoms with van der Waals surface area (Å²) < 4.78 is 38.4. The van der Waals surface area contributed by atoms with E-state index in [4.69, 9.17) is 47.1 Å². The summed E-state index contributed by atoms with van der Waals surface area (Å²) in [4.78, 5) is 45.6. The molecular formula is C68H84O12P2. The molecule has 1 atom stereocenters. The Kier molecular flexibility index (Phi) is 23.6. The molecule has 0 amide bonds. The van der Waals surface area contributed by atoms with Crippen molar-refractivity contribution in [3.05, 3.63) is 191 Å². The lowest BCUT2D eigenvalue weighted by atomic mass is 9.85. The maximum absolute atomic E-state index is 12.3. The third-order valence-corrected chi connectivity index (χ3v) is 15.8. The number of rotatable bonds is 29. The molecule has 0 aliphatic rings. The smallest absolute Gasteiger partial charge is 0.326 e. The molecule has 0 radical (unpaired) electrons. The molecule has 0 aromatic heterocycles. The molecule has 0 saturated carbocycles. The van der Waals surface area contributed by atoms with E-state index in [0.29, 0.717) is 93.0 Å². The van der Waals surface area contributed by atoms with Crippen molar-refractivity contribution in [2.75, 3.05) is 26.4 Å². The molecule has 1 unspecified atom stereocenters. The minimum atomic E-state index is -1.77. The molecule has 6 aromatic carbocycles. The second-order valence-corrected chi connectivity index (χ2v) is 25.7. The number of carbonyl (C=O) groups excluding carboxylic acids is 2. The summed E-state index contributed by atoms with van der Waals surface area (Å²) in [6, 6.07) is 42.9. The van der Waals surface area contributed by atoms with Crippen molar-refractivity contribution in [3.63, 3.8) is 0 Å². The summed E-state index contributed by atoms with van der Waals surface area (Å²) in [5, 5.41) is 1.73. The lowest BCUT2D eigenvalue weighted by molar-refractivity contribution is -0.258. The molecule has 0 aliphatic carbocycles. The van der Waals surface area contributed by atoms with Crippen molar-refractivity contribution < 1.29 is 56.7 Å². The first-order chi connectivity index (χ1) is 39.0. The van der Waals surface area contributed by atoms with E-state index in [1.807, 2.05) is 81.4 Å². The topological polar surface area (TPSA) is 126 Å². The first-order valence-corrected chi connectivity index (χ1v) is 30.6. The van der Waals surface area contributed by atoms with Gasteiger partial charge in [-0.3, -0.25) is 9.59 Å².